The highest BCUT2D eigenvalue weighted by Gasteiger charge is 2.38. The molecule has 1 aromatic carbocycles. The average molecular weight is 351 g/mol. The van der Waals surface area contributed by atoms with Crippen LogP contribution in [0, 0.1) is 5.82 Å². The summed E-state index contributed by atoms with van der Waals surface area (Å²) in [5, 5.41) is 0. The van der Waals surface area contributed by atoms with Crippen LogP contribution in [0.2, 0.25) is 0 Å². The largest absolute Gasteiger partial charge is 0.364 e. The Morgan fingerprint density at radius 2 is 1.96 bits per heavy atom. The third kappa shape index (κ3) is 3.20. The molecule has 1 heterocycles. The summed E-state index contributed by atoms with van der Waals surface area (Å²) in [4.78, 5) is 11.4. The number of amides is 1. The highest BCUT2D eigenvalue weighted by molar-refractivity contribution is 7.89. The van der Waals surface area contributed by atoms with Crippen molar-refractivity contribution >= 4 is 15.9 Å². The van der Waals surface area contributed by atoms with Gasteiger partial charge >= 0.3 is 0 Å². The van der Waals surface area contributed by atoms with Crippen molar-refractivity contribution < 1.29 is 17.6 Å². The Kier molecular flexibility index (Phi) is 4.18. The maximum absolute atomic E-state index is 13.0. The molecule has 2 aromatic rings. The number of nitrogens with two attached hydrogens (primary N) is 1. The number of primary amides is 1. The number of halogens is 1. The molecule has 24 heavy (non-hydrogen) atoms. The molecule has 0 bridgehead atoms. The van der Waals surface area contributed by atoms with E-state index in [9.17, 15) is 17.6 Å². The highest BCUT2D eigenvalue weighted by Crippen LogP contribution is 2.34. The van der Waals surface area contributed by atoms with E-state index in [2.05, 4.69) is 0 Å². The molecule has 1 aliphatic rings. The number of hydrogen-bond donors (Lipinski definition) is 1. The van der Waals surface area contributed by atoms with Gasteiger partial charge < -0.3 is 10.3 Å². The maximum atomic E-state index is 13.0. The van der Waals surface area contributed by atoms with Crippen molar-refractivity contribution in [3.05, 3.63) is 53.6 Å². The Morgan fingerprint density at radius 1 is 1.33 bits per heavy atom. The van der Waals surface area contributed by atoms with Gasteiger partial charge in [0.05, 0.1) is 0 Å². The molecular formula is C16H18FN3O3S. The fraction of sp³-hybridized carbons (Fsp3) is 0.312. The summed E-state index contributed by atoms with van der Waals surface area (Å²) in [7, 11) is -2.20. The number of carbonyl (C=O) groups is 1. The Labute approximate surface area is 139 Å². The van der Waals surface area contributed by atoms with Gasteiger partial charge in [0.2, 0.25) is 10.0 Å². The van der Waals surface area contributed by atoms with Crippen LogP contribution < -0.4 is 5.73 Å². The molecule has 2 N–H and O–H groups in total. The van der Waals surface area contributed by atoms with Crippen LogP contribution in [0.4, 0.5) is 4.39 Å². The third-order valence-corrected chi connectivity index (χ3v) is 5.91. The fourth-order valence-electron chi connectivity index (χ4n) is 2.60. The number of rotatable bonds is 6. The van der Waals surface area contributed by atoms with E-state index in [-0.39, 0.29) is 29.0 Å². The summed E-state index contributed by atoms with van der Waals surface area (Å²) in [6.45, 7) is 0.161. The van der Waals surface area contributed by atoms with Gasteiger partial charge in [-0.1, -0.05) is 12.1 Å². The van der Waals surface area contributed by atoms with E-state index in [0.717, 1.165) is 12.8 Å². The molecule has 6 nitrogen and oxygen atoms in total. The molecule has 8 heteroatoms. The first kappa shape index (κ1) is 16.7. The van der Waals surface area contributed by atoms with E-state index in [1.807, 2.05) is 0 Å². The average Bonchev–Trinajstić information content (AvgIpc) is 3.27. The number of benzene rings is 1. The molecule has 0 aliphatic heterocycles. The molecule has 0 radical (unpaired) electrons. The first-order valence-electron chi connectivity index (χ1n) is 7.51. The van der Waals surface area contributed by atoms with Gasteiger partial charge in [-0.25, -0.2) is 12.8 Å². The molecule has 1 saturated carbocycles. The minimum absolute atomic E-state index is 0.0350. The van der Waals surface area contributed by atoms with Crippen molar-refractivity contribution in [2.24, 2.45) is 12.8 Å². The van der Waals surface area contributed by atoms with Gasteiger partial charge in [0, 0.05) is 25.8 Å². The first-order chi connectivity index (χ1) is 11.3. The van der Waals surface area contributed by atoms with E-state index in [0.29, 0.717) is 5.56 Å². The minimum Gasteiger partial charge on any atom is -0.364 e. The first-order valence-corrected chi connectivity index (χ1v) is 8.95. The van der Waals surface area contributed by atoms with E-state index < -0.39 is 15.9 Å². The monoisotopic (exact) mass is 351 g/mol. The molecule has 0 saturated heterocycles. The van der Waals surface area contributed by atoms with Crippen LogP contribution >= 0.6 is 0 Å². The van der Waals surface area contributed by atoms with Crippen molar-refractivity contribution in [1.29, 1.82) is 0 Å². The highest BCUT2D eigenvalue weighted by atomic mass is 32.2. The number of aryl methyl sites for hydroxylation is 1. The predicted molar refractivity (Wildman–Crippen MR) is 86.1 cm³/mol. The predicted octanol–water partition coefficient (Wildman–Crippen LogP) is 1.62. The topological polar surface area (TPSA) is 85.4 Å². The summed E-state index contributed by atoms with van der Waals surface area (Å²) in [6, 6.07) is 6.97. The van der Waals surface area contributed by atoms with Crippen molar-refractivity contribution in [3.63, 3.8) is 0 Å². The quantitative estimate of drug-likeness (QED) is 0.858. The molecule has 0 unspecified atom stereocenters. The molecule has 1 aromatic heterocycles. The van der Waals surface area contributed by atoms with Crippen molar-refractivity contribution in [3.8, 4) is 0 Å². The zero-order valence-corrected chi connectivity index (χ0v) is 14.0. The van der Waals surface area contributed by atoms with Crippen LogP contribution in [0.15, 0.2) is 41.4 Å². The molecule has 1 aliphatic carbocycles. The Hall–Kier alpha value is -2.19. The Bertz CT molecular complexity index is 870. The number of hydrogen-bond acceptors (Lipinski definition) is 3. The van der Waals surface area contributed by atoms with E-state index >= 15 is 0 Å². The van der Waals surface area contributed by atoms with Crippen LogP contribution in [0.1, 0.15) is 28.9 Å². The van der Waals surface area contributed by atoms with Crippen molar-refractivity contribution in [2.45, 2.75) is 30.3 Å². The summed E-state index contributed by atoms with van der Waals surface area (Å²) in [6.07, 6.45) is 2.96. The van der Waals surface area contributed by atoms with E-state index in [4.69, 9.17) is 5.73 Å². The zero-order chi connectivity index (χ0) is 17.5. The molecule has 1 amide bonds. The van der Waals surface area contributed by atoms with Crippen LogP contribution in [-0.4, -0.2) is 29.2 Å². The third-order valence-electron chi connectivity index (χ3n) is 4.04. The normalized spacial score (nSPS) is 15.0. The number of carbonyl (C=O) groups excluding carboxylic acids is 1. The van der Waals surface area contributed by atoms with Gasteiger partial charge in [0.25, 0.3) is 5.91 Å². The van der Waals surface area contributed by atoms with Gasteiger partial charge in [-0.2, -0.15) is 4.31 Å². The van der Waals surface area contributed by atoms with Crippen molar-refractivity contribution in [1.82, 2.24) is 8.87 Å². The lowest BCUT2D eigenvalue weighted by Crippen LogP contribution is -2.32. The number of nitrogens with zero attached hydrogens (tertiary/aromatic N) is 2. The second kappa shape index (κ2) is 6.03. The van der Waals surface area contributed by atoms with Gasteiger partial charge in [0.15, 0.2) is 0 Å². The Morgan fingerprint density at radius 3 is 2.46 bits per heavy atom. The van der Waals surface area contributed by atoms with E-state index in [1.54, 1.807) is 19.2 Å². The molecule has 128 valence electrons. The maximum Gasteiger partial charge on any atom is 0.265 e. The second-order valence-electron chi connectivity index (χ2n) is 5.94. The van der Waals surface area contributed by atoms with Gasteiger partial charge in [-0.15, -0.1) is 0 Å². The van der Waals surface area contributed by atoms with Crippen LogP contribution in [-0.2, 0) is 23.6 Å². The molecular weight excluding hydrogens is 333 g/mol. The molecule has 1 fully saturated rings. The minimum atomic E-state index is -3.77. The van der Waals surface area contributed by atoms with Gasteiger partial charge in [-0.05, 0) is 36.6 Å². The standard InChI is InChI=1S/C16H18FN3O3S/c1-19-10-14(8-15(19)16(18)21)24(22,23)20(13-6-7-13)9-11-2-4-12(17)5-3-11/h2-5,8,10,13H,6-7,9H2,1H3,(H2,18,21). The lowest BCUT2D eigenvalue weighted by Gasteiger charge is -2.21. The van der Waals surface area contributed by atoms with Crippen LogP contribution in [0.3, 0.4) is 0 Å². The summed E-state index contributed by atoms with van der Waals surface area (Å²) >= 11 is 0. The fourth-order valence-corrected chi connectivity index (χ4v) is 4.34. The lowest BCUT2D eigenvalue weighted by molar-refractivity contribution is 0.0992. The second-order valence-corrected chi connectivity index (χ2v) is 7.83. The van der Waals surface area contributed by atoms with Crippen LogP contribution in [0.5, 0.6) is 0 Å². The zero-order valence-electron chi connectivity index (χ0n) is 13.1. The molecule has 0 spiro atoms. The van der Waals surface area contributed by atoms with E-state index in [1.165, 1.54) is 33.3 Å². The number of aromatic nitrogens is 1. The van der Waals surface area contributed by atoms with Crippen molar-refractivity contribution in [2.75, 3.05) is 0 Å². The van der Waals surface area contributed by atoms with Crippen LogP contribution in [0.25, 0.3) is 0 Å². The van der Waals surface area contributed by atoms with Gasteiger partial charge in [0.1, 0.15) is 16.4 Å². The lowest BCUT2D eigenvalue weighted by atomic mass is 10.2. The SMILES string of the molecule is Cn1cc(S(=O)(=O)N(Cc2ccc(F)cc2)C2CC2)cc1C(N)=O. The molecule has 0 atom stereocenters. The smallest absolute Gasteiger partial charge is 0.265 e. The summed E-state index contributed by atoms with van der Waals surface area (Å²) in [5.74, 6) is -1.05. The number of sulfonamides is 1. The summed E-state index contributed by atoms with van der Waals surface area (Å²) < 4.78 is 41.8. The summed E-state index contributed by atoms with van der Waals surface area (Å²) in [5.41, 5.74) is 6.09. The van der Waals surface area contributed by atoms with Gasteiger partial charge in [-0.3, -0.25) is 4.79 Å². The Balaban J connectivity index is 1.93. The molecule has 3 rings (SSSR count).